The molecule has 9 aromatic rings. The lowest BCUT2D eigenvalue weighted by Gasteiger charge is -2.47. The molecule has 2 aliphatic rings. The smallest absolute Gasteiger partial charge is 0.152 e. The van der Waals surface area contributed by atoms with Gasteiger partial charge in [-0.3, -0.25) is 0 Å². The van der Waals surface area contributed by atoms with Crippen molar-refractivity contribution in [3.63, 3.8) is 0 Å². The number of benzene rings is 9. The zero-order chi connectivity index (χ0) is 37.4. The number of hydrogen-bond donors (Lipinski definition) is 0. The first kappa shape index (κ1) is 32.3. The van der Waals surface area contributed by atoms with Crippen LogP contribution in [0.1, 0.15) is 25.0 Å². The third kappa shape index (κ3) is 4.98. The van der Waals surface area contributed by atoms with Gasteiger partial charge in [-0.2, -0.15) is 0 Å². The average molecular weight is 719 g/mol. The molecule has 0 N–H and O–H groups in total. The normalized spacial score (nSPS) is 13.4. The number of ether oxygens (including phenoxy) is 1. The fourth-order valence-corrected chi connectivity index (χ4v) is 9.05. The number of fused-ring (bicyclic) bond motifs is 7. The van der Waals surface area contributed by atoms with Crippen molar-refractivity contribution in [3.05, 3.63) is 205 Å². The quantitative estimate of drug-likeness (QED) is 0.176. The van der Waals surface area contributed by atoms with E-state index in [1.807, 2.05) is 0 Å². The first-order valence-electron chi connectivity index (χ1n) is 19.3. The second kappa shape index (κ2) is 12.5. The zero-order valence-electron chi connectivity index (χ0n) is 31.3. The Morgan fingerprint density at radius 3 is 1.79 bits per heavy atom. The highest BCUT2D eigenvalue weighted by Gasteiger charge is 2.45. The van der Waals surface area contributed by atoms with Gasteiger partial charge in [0.1, 0.15) is 0 Å². The molecule has 0 amide bonds. The highest BCUT2D eigenvalue weighted by atomic mass is 16.5. The lowest BCUT2D eigenvalue weighted by molar-refractivity contribution is 0.472. The summed E-state index contributed by atoms with van der Waals surface area (Å²) in [7, 11) is 0. The summed E-state index contributed by atoms with van der Waals surface area (Å²) >= 11 is 0. The summed E-state index contributed by atoms with van der Waals surface area (Å²) < 4.78 is 6.96. The van der Waals surface area contributed by atoms with Crippen LogP contribution in [0.15, 0.2) is 194 Å². The molecule has 11 rings (SSSR count). The van der Waals surface area contributed by atoms with Crippen LogP contribution in [0, 0.1) is 0 Å². The minimum atomic E-state index is -0.410. The minimum absolute atomic E-state index is 0.410. The summed E-state index contributed by atoms with van der Waals surface area (Å²) in [5.74, 6) is 1.71. The predicted octanol–water partition coefficient (Wildman–Crippen LogP) is 15.0. The SMILES string of the molecule is CC1(C)c2ccc(-c3ccccc3)cc2N2c3c(ccc(N(c4ccc(-c5ccccc5)cc4)c4ccc5ccccc5c4)c31)Oc1ccc3ccccc3c12. The molecule has 0 aromatic heterocycles. The van der Waals surface area contributed by atoms with Crippen LogP contribution in [0.25, 0.3) is 43.8 Å². The lowest BCUT2D eigenvalue weighted by Crippen LogP contribution is -2.34. The van der Waals surface area contributed by atoms with Crippen molar-refractivity contribution < 1.29 is 4.74 Å². The standard InChI is InChI=1S/C53H38N2O/c1-53(2)45-29-24-41(36-15-7-4-8-16-36)34-47(45)55-51-44-20-12-11-18-39(44)25-31-48(51)56-49-32-30-46(50(53)52(49)55)54(43-28-23-37-17-9-10-19-40(37)33-43)42-26-21-38(22-27-42)35-13-5-3-6-14-35/h3-34H,1-2H3. The van der Waals surface area contributed by atoms with Crippen LogP contribution < -0.4 is 14.5 Å². The Bertz CT molecular complexity index is 2970. The maximum atomic E-state index is 6.96. The van der Waals surface area contributed by atoms with Crippen LogP contribution in [0.3, 0.4) is 0 Å². The van der Waals surface area contributed by atoms with Gasteiger partial charge in [0, 0.05) is 27.7 Å². The Morgan fingerprint density at radius 1 is 0.446 bits per heavy atom. The van der Waals surface area contributed by atoms with Crippen molar-refractivity contribution in [1.82, 2.24) is 0 Å². The molecule has 0 bridgehead atoms. The Balaban J connectivity index is 1.19. The Labute approximate surface area is 327 Å². The van der Waals surface area contributed by atoms with Crippen molar-refractivity contribution >= 4 is 55.7 Å². The molecule has 266 valence electrons. The van der Waals surface area contributed by atoms with E-state index >= 15 is 0 Å². The van der Waals surface area contributed by atoms with Crippen LogP contribution in [-0.2, 0) is 5.41 Å². The van der Waals surface area contributed by atoms with E-state index in [4.69, 9.17) is 4.74 Å². The summed E-state index contributed by atoms with van der Waals surface area (Å²) in [5.41, 5.74) is 13.5. The fourth-order valence-electron chi connectivity index (χ4n) is 9.05. The molecule has 0 spiro atoms. The van der Waals surface area contributed by atoms with Gasteiger partial charge in [0.25, 0.3) is 0 Å². The van der Waals surface area contributed by atoms with Crippen molar-refractivity contribution in [2.24, 2.45) is 0 Å². The van der Waals surface area contributed by atoms with Gasteiger partial charge in [-0.05, 0) is 92.5 Å². The van der Waals surface area contributed by atoms with E-state index in [-0.39, 0.29) is 0 Å². The molecule has 0 saturated carbocycles. The molecule has 9 aromatic carbocycles. The predicted molar refractivity (Wildman–Crippen MR) is 234 cm³/mol. The molecule has 3 nitrogen and oxygen atoms in total. The van der Waals surface area contributed by atoms with Gasteiger partial charge >= 0.3 is 0 Å². The van der Waals surface area contributed by atoms with E-state index in [2.05, 4.69) is 218 Å². The Morgan fingerprint density at radius 2 is 1.02 bits per heavy atom. The molecule has 2 heterocycles. The molecule has 56 heavy (non-hydrogen) atoms. The van der Waals surface area contributed by atoms with E-state index in [1.54, 1.807) is 0 Å². The van der Waals surface area contributed by atoms with Crippen molar-refractivity contribution in [3.8, 4) is 33.8 Å². The number of nitrogens with zero attached hydrogens (tertiary/aromatic N) is 2. The highest BCUT2D eigenvalue weighted by Crippen LogP contribution is 2.64. The first-order valence-corrected chi connectivity index (χ1v) is 19.3. The zero-order valence-corrected chi connectivity index (χ0v) is 31.3. The summed E-state index contributed by atoms with van der Waals surface area (Å²) in [4.78, 5) is 4.94. The molecule has 0 atom stereocenters. The molecule has 3 heteroatoms. The van der Waals surface area contributed by atoms with E-state index in [1.165, 1.54) is 55.2 Å². The van der Waals surface area contributed by atoms with Crippen molar-refractivity contribution in [2.45, 2.75) is 19.3 Å². The molecule has 0 fully saturated rings. The summed E-state index contributed by atoms with van der Waals surface area (Å²) in [6.45, 7) is 4.75. The average Bonchev–Trinajstić information content (AvgIpc) is 3.26. The van der Waals surface area contributed by atoms with E-state index < -0.39 is 5.41 Å². The number of anilines is 6. The molecular weight excluding hydrogens is 681 g/mol. The van der Waals surface area contributed by atoms with Gasteiger partial charge in [-0.25, -0.2) is 0 Å². The van der Waals surface area contributed by atoms with Crippen molar-refractivity contribution in [1.29, 1.82) is 0 Å². The molecule has 2 aliphatic heterocycles. The second-order valence-electron chi connectivity index (χ2n) is 15.4. The van der Waals surface area contributed by atoms with E-state index in [9.17, 15) is 0 Å². The maximum Gasteiger partial charge on any atom is 0.152 e. The van der Waals surface area contributed by atoms with E-state index in [0.29, 0.717) is 0 Å². The number of rotatable bonds is 5. The van der Waals surface area contributed by atoms with Crippen LogP contribution in [-0.4, -0.2) is 0 Å². The lowest BCUT2D eigenvalue weighted by atomic mass is 9.71. The number of hydrogen-bond acceptors (Lipinski definition) is 3. The topological polar surface area (TPSA) is 15.7 Å². The van der Waals surface area contributed by atoms with Crippen LogP contribution in [0.5, 0.6) is 11.5 Å². The minimum Gasteiger partial charge on any atom is -0.453 e. The van der Waals surface area contributed by atoms with Crippen molar-refractivity contribution in [2.75, 3.05) is 9.80 Å². The van der Waals surface area contributed by atoms with Gasteiger partial charge in [-0.1, -0.05) is 159 Å². The summed E-state index contributed by atoms with van der Waals surface area (Å²) in [5, 5.41) is 4.75. The highest BCUT2D eigenvalue weighted by molar-refractivity contribution is 6.07. The van der Waals surface area contributed by atoms with Gasteiger partial charge in [0.05, 0.1) is 22.7 Å². The summed E-state index contributed by atoms with van der Waals surface area (Å²) in [6, 6.07) is 70.2. The van der Waals surface area contributed by atoms with Crippen LogP contribution >= 0.6 is 0 Å². The largest absolute Gasteiger partial charge is 0.453 e. The molecular formula is C53H38N2O. The third-order valence-corrected chi connectivity index (χ3v) is 11.8. The van der Waals surface area contributed by atoms with Gasteiger partial charge < -0.3 is 14.5 Å². The monoisotopic (exact) mass is 718 g/mol. The fraction of sp³-hybridized carbons (Fsp3) is 0.0566. The molecule has 0 radical (unpaired) electrons. The van der Waals surface area contributed by atoms with Gasteiger partial charge in [0.2, 0.25) is 0 Å². The van der Waals surface area contributed by atoms with Gasteiger partial charge in [-0.15, -0.1) is 0 Å². The Kier molecular flexibility index (Phi) is 7.20. The van der Waals surface area contributed by atoms with E-state index in [0.717, 1.165) is 45.3 Å². The van der Waals surface area contributed by atoms with Gasteiger partial charge in [0.15, 0.2) is 11.5 Å². The second-order valence-corrected chi connectivity index (χ2v) is 15.4. The van der Waals surface area contributed by atoms with Crippen LogP contribution in [0.4, 0.5) is 34.1 Å². The first-order chi connectivity index (χ1) is 27.5. The summed E-state index contributed by atoms with van der Waals surface area (Å²) in [6.07, 6.45) is 0. The molecule has 0 saturated heterocycles. The Hall–Kier alpha value is -7.10. The maximum absolute atomic E-state index is 6.96. The molecule has 0 unspecified atom stereocenters. The third-order valence-electron chi connectivity index (χ3n) is 11.8. The molecule has 0 aliphatic carbocycles. The van der Waals surface area contributed by atoms with Crippen LogP contribution in [0.2, 0.25) is 0 Å².